The van der Waals surface area contributed by atoms with E-state index in [0.717, 1.165) is 18.4 Å². The number of ether oxygens (including phenoxy) is 1. The Morgan fingerprint density at radius 1 is 1.28 bits per heavy atom. The van der Waals surface area contributed by atoms with E-state index in [2.05, 4.69) is 12.2 Å². The van der Waals surface area contributed by atoms with E-state index in [4.69, 9.17) is 4.74 Å². The minimum atomic E-state index is -0.379. The Morgan fingerprint density at radius 3 is 2.66 bits per heavy atom. The molecule has 1 fully saturated rings. The van der Waals surface area contributed by atoms with Crippen molar-refractivity contribution in [2.24, 2.45) is 5.92 Å². The number of hydrogen-bond donors (Lipinski definition) is 1. The molecule has 1 N–H and O–H groups in total. The summed E-state index contributed by atoms with van der Waals surface area (Å²) in [6, 6.07) is 7.20. The molecule has 7 heteroatoms. The fraction of sp³-hybridized carbons (Fsp3) is 0.591. The Balaban J connectivity index is 2.26. The predicted molar refractivity (Wildman–Crippen MR) is 111 cm³/mol. The van der Waals surface area contributed by atoms with Gasteiger partial charge in [-0.15, -0.1) is 0 Å². The first-order valence-electron chi connectivity index (χ1n) is 10.3. The number of carbonyl (C=O) groups is 3. The van der Waals surface area contributed by atoms with Crippen LogP contribution in [0.25, 0.3) is 0 Å². The topological polar surface area (TPSA) is 79.0 Å². The van der Waals surface area contributed by atoms with Gasteiger partial charge in [0.2, 0.25) is 17.7 Å². The SMILES string of the molecule is CCCCN1C(=O)CCC(C(=O)NCCC(=O)N(C)C)C1c1ccccc1OC. The fourth-order valence-electron chi connectivity index (χ4n) is 3.76. The Bertz CT molecular complexity index is 720. The van der Waals surface area contributed by atoms with Gasteiger partial charge in [0.05, 0.1) is 19.1 Å². The van der Waals surface area contributed by atoms with Gasteiger partial charge in [0, 0.05) is 45.6 Å². The highest BCUT2D eigenvalue weighted by Crippen LogP contribution is 2.40. The summed E-state index contributed by atoms with van der Waals surface area (Å²) in [4.78, 5) is 40.9. The monoisotopic (exact) mass is 403 g/mol. The lowest BCUT2D eigenvalue weighted by molar-refractivity contribution is -0.143. The van der Waals surface area contributed by atoms with E-state index in [-0.39, 0.29) is 42.6 Å². The number of para-hydroxylation sites is 1. The minimum Gasteiger partial charge on any atom is -0.496 e. The number of hydrogen-bond acceptors (Lipinski definition) is 4. The van der Waals surface area contributed by atoms with Gasteiger partial charge in [0.25, 0.3) is 0 Å². The lowest BCUT2D eigenvalue weighted by Gasteiger charge is -2.41. The summed E-state index contributed by atoms with van der Waals surface area (Å²) in [7, 11) is 4.99. The lowest BCUT2D eigenvalue weighted by atomic mass is 9.83. The molecule has 1 saturated heterocycles. The van der Waals surface area contributed by atoms with Gasteiger partial charge in [0.15, 0.2) is 0 Å². The molecule has 160 valence electrons. The van der Waals surface area contributed by atoms with E-state index in [1.54, 1.807) is 21.2 Å². The third-order valence-electron chi connectivity index (χ3n) is 5.39. The Morgan fingerprint density at radius 2 is 2.00 bits per heavy atom. The summed E-state index contributed by atoms with van der Waals surface area (Å²) in [6.07, 6.45) is 2.93. The van der Waals surface area contributed by atoms with Crippen LogP contribution in [0.4, 0.5) is 0 Å². The largest absolute Gasteiger partial charge is 0.496 e. The normalized spacial score (nSPS) is 19.0. The van der Waals surface area contributed by atoms with E-state index in [1.165, 1.54) is 4.90 Å². The first-order valence-corrected chi connectivity index (χ1v) is 10.3. The van der Waals surface area contributed by atoms with Crippen LogP contribution in [0.3, 0.4) is 0 Å². The van der Waals surface area contributed by atoms with Crippen molar-refractivity contribution in [2.45, 2.75) is 45.1 Å². The number of rotatable bonds is 9. The van der Waals surface area contributed by atoms with Gasteiger partial charge in [-0.05, 0) is 18.9 Å². The molecular formula is C22H33N3O4. The molecule has 29 heavy (non-hydrogen) atoms. The number of piperidine rings is 1. The molecule has 0 spiro atoms. The standard InChI is InChI=1S/C22H33N3O4/c1-5-6-15-25-20(27)12-11-17(22(28)23-14-13-19(26)24(2)3)21(25)16-9-7-8-10-18(16)29-4/h7-10,17,21H,5-6,11-15H2,1-4H3,(H,23,28). The van der Waals surface area contributed by atoms with E-state index in [0.29, 0.717) is 25.1 Å². The maximum atomic E-state index is 13.0. The maximum Gasteiger partial charge on any atom is 0.225 e. The van der Waals surface area contributed by atoms with Gasteiger partial charge in [-0.3, -0.25) is 14.4 Å². The second-order valence-electron chi connectivity index (χ2n) is 7.60. The molecular weight excluding hydrogens is 370 g/mol. The van der Waals surface area contributed by atoms with Gasteiger partial charge in [-0.1, -0.05) is 31.5 Å². The van der Waals surface area contributed by atoms with Crippen LogP contribution >= 0.6 is 0 Å². The molecule has 0 radical (unpaired) electrons. The molecule has 1 aromatic rings. The van der Waals surface area contributed by atoms with Crippen molar-refractivity contribution in [3.63, 3.8) is 0 Å². The third kappa shape index (κ3) is 5.71. The molecule has 2 rings (SSSR count). The number of nitrogens with zero attached hydrogens (tertiary/aromatic N) is 2. The molecule has 1 aromatic carbocycles. The van der Waals surface area contributed by atoms with E-state index in [9.17, 15) is 14.4 Å². The van der Waals surface area contributed by atoms with E-state index >= 15 is 0 Å². The summed E-state index contributed by atoms with van der Waals surface area (Å²) in [5, 5.41) is 2.90. The number of carbonyl (C=O) groups excluding carboxylic acids is 3. The van der Waals surface area contributed by atoms with Crippen molar-refractivity contribution in [3.8, 4) is 5.75 Å². The molecule has 0 aliphatic carbocycles. The quantitative estimate of drug-likeness (QED) is 0.687. The molecule has 2 unspecified atom stereocenters. The van der Waals surface area contributed by atoms with Crippen LogP contribution in [-0.2, 0) is 14.4 Å². The van der Waals surface area contributed by atoms with Crippen LogP contribution in [0.2, 0.25) is 0 Å². The third-order valence-corrected chi connectivity index (χ3v) is 5.39. The lowest BCUT2D eigenvalue weighted by Crippen LogP contribution is -2.48. The van der Waals surface area contributed by atoms with Gasteiger partial charge in [-0.25, -0.2) is 0 Å². The van der Waals surface area contributed by atoms with Crippen molar-refractivity contribution >= 4 is 17.7 Å². The number of amides is 3. The second kappa shape index (κ2) is 10.8. The number of nitrogens with one attached hydrogen (secondary N) is 1. The minimum absolute atomic E-state index is 0.0324. The number of benzene rings is 1. The summed E-state index contributed by atoms with van der Waals surface area (Å²) >= 11 is 0. The van der Waals surface area contributed by atoms with Crippen molar-refractivity contribution < 1.29 is 19.1 Å². The van der Waals surface area contributed by atoms with Crippen LogP contribution in [-0.4, -0.2) is 61.8 Å². The Labute approximate surface area is 173 Å². The summed E-state index contributed by atoms with van der Waals surface area (Å²) in [5.74, 6) is 0.210. The zero-order chi connectivity index (χ0) is 21.4. The van der Waals surface area contributed by atoms with Crippen molar-refractivity contribution in [3.05, 3.63) is 29.8 Å². The smallest absolute Gasteiger partial charge is 0.225 e. The van der Waals surface area contributed by atoms with Crippen LogP contribution in [0.5, 0.6) is 5.75 Å². The number of methoxy groups -OCH3 is 1. The zero-order valence-electron chi connectivity index (χ0n) is 17.9. The van der Waals surface area contributed by atoms with Crippen LogP contribution < -0.4 is 10.1 Å². The maximum absolute atomic E-state index is 13.0. The molecule has 1 aliphatic rings. The summed E-state index contributed by atoms with van der Waals surface area (Å²) in [6.45, 7) is 2.98. The van der Waals surface area contributed by atoms with Crippen LogP contribution in [0.1, 0.15) is 50.6 Å². The molecule has 0 aromatic heterocycles. The van der Waals surface area contributed by atoms with Crippen LogP contribution in [0.15, 0.2) is 24.3 Å². The van der Waals surface area contributed by atoms with Gasteiger partial charge in [0.1, 0.15) is 5.75 Å². The summed E-state index contributed by atoms with van der Waals surface area (Å²) < 4.78 is 5.53. The average molecular weight is 404 g/mol. The first-order chi connectivity index (χ1) is 13.9. The van der Waals surface area contributed by atoms with Crippen molar-refractivity contribution in [1.29, 1.82) is 0 Å². The highest BCUT2D eigenvalue weighted by Gasteiger charge is 2.41. The Hall–Kier alpha value is -2.57. The highest BCUT2D eigenvalue weighted by molar-refractivity contribution is 5.85. The van der Waals surface area contributed by atoms with Crippen molar-refractivity contribution in [1.82, 2.24) is 15.1 Å². The summed E-state index contributed by atoms with van der Waals surface area (Å²) in [5.41, 5.74) is 0.851. The van der Waals surface area contributed by atoms with Crippen molar-refractivity contribution in [2.75, 3.05) is 34.3 Å². The molecule has 1 aliphatic heterocycles. The predicted octanol–water partition coefficient (Wildman–Crippen LogP) is 2.37. The number of unbranched alkanes of at least 4 members (excludes halogenated alkanes) is 1. The molecule has 1 heterocycles. The molecule has 3 amide bonds. The second-order valence-corrected chi connectivity index (χ2v) is 7.60. The highest BCUT2D eigenvalue weighted by atomic mass is 16.5. The van der Waals surface area contributed by atoms with Gasteiger partial charge < -0.3 is 19.9 Å². The average Bonchev–Trinajstić information content (AvgIpc) is 2.72. The Kier molecular flexibility index (Phi) is 8.49. The molecule has 2 atom stereocenters. The number of likely N-dealkylation sites (tertiary alicyclic amines) is 1. The van der Waals surface area contributed by atoms with Gasteiger partial charge >= 0.3 is 0 Å². The fourth-order valence-corrected chi connectivity index (χ4v) is 3.76. The van der Waals surface area contributed by atoms with E-state index < -0.39 is 0 Å². The van der Waals surface area contributed by atoms with Crippen LogP contribution in [0, 0.1) is 5.92 Å². The molecule has 0 bridgehead atoms. The molecule has 0 saturated carbocycles. The zero-order valence-corrected chi connectivity index (χ0v) is 17.9. The van der Waals surface area contributed by atoms with E-state index in [1.807, 2.05) is 29.2 Å². The van der Waals surface area contributed by atoms with Gasteiger partial charge in [-0.2, -0.15) is 0 Å². The first kappa shape index (κ1) is 22.7. The molecule has 7 nitrogen and oxygen atoms in total.